The fraction of sp³-hybridized carbons (Fsp3) is 0.579. The van der Waals surface area contributed by atoms with Crippen LogP contribution >= 0.6 is 11.3 Å². The number of rotatable bonds is 4. The van der Waals surface area contributed by atoms with Gasteiger partial charge in [0.1, 0.15) is 17.2 Å². The van der Waals surface area contributed by atoms with Gasteiger partial charge in [-0.15, -0.1) is 11.3 Å². The molecule has 1 N–H and O–H groups in total. The van der Waals surface area contributed by atoms with Crippen molar-refractivity contribution in [3.8, 4) is 0 Å². The predicted octanol–water partition coefficient (Wildman–Crippen LogP) is 4.17. The maximum Gasteiger partial charge on any atom is 0.410 e. The molecule has 1 fully saturated rings. The van der Waals surface area contributed by atoms with Gasteiger partial charge in [-0.05, 0) is 52.5 Å². The maximum absolute atomic E-state index is 12.3. The van der Waals surface area contributed by atoms with Crippen molar-refractivity contribution in [3.05, 3.63) is 29.2 Å². The SMILES string of the molecule is Cc1cnc(Nc2ccnc(CC3CCCN(C(=O)OC(C)(C)C)C3)n2)s1. The molecule has 0 saturated carbocycles. The van der Waals surface area contributed by atoms with Gasteiger partial charge in [-0.3, -0.25) is 0 Å². The molecule has 1 unspecified atom stereocenters. The van der Waals surface area contributed by atoms with Gasteiger partial charge >= 0.3 is 6.09 Å². The molecule has 8 heteroatoms. The molecule has 1 saturated heterocycles. The summed E-state index contributed by atoms with van der Waals surface area (Å²) in [6, 6.07) is 1.84. The summed E-state index contributed by atoms with van der Waals surface area (Å²) in [5.74, 6) is 1.86. The van der Waals surface area contributed by atoms with Crippen molar-refractivity contribution in [1.29, 1.82) is 0 Å². The van der Waals surface area contributed by atoms with Crippen LogP contribution in [0.2, 0.25) is 0 Å². The average molecular weight is 390 g/mol. The number of nitrogens with one attached hydrogen (secondary N) is 1. The van der Waals surface area contributed by atoms with E-state index in [1.165, 1.54) is 0 Å². The lowest BCUT2D eigenvalue weighted by Gasteiger charge is -2.34. The summed E-state index contributed by atoms with van der Waals surface area (Å²) in [7, 11) is 0. The number of likely N-dealkylation sites (tertiary alicyclic amines) is 1. The third-order valence-electron chi connectivity index (χ3n) is 4.20. The molecule has 0 radical (unpaired) electrons. The van der Waals surface area contributed by atoms with E-state index in [0.29, 0.717) is 12.5 Å². The van der Waals surface area contributed by atoms with Crippen molar-refractivity contribution < 1.29 is 9.53 Å². The summed E-state index contributed by atoms with van der Waals surface area (Å²) in [5, 5.41) is 4.05. The van der Waals surface area contributed by atoms with E-state index in [1.54, 1.807) is 22.4 Å². The lowest BCUT2D eigenvalue weighted by molar-refractivity contribution is 0.0165. The second kappa shape index (κ2) is 8.21. The molecule has 0 aliphatic carbocycles. The summed E-state index contributed by atoms with van der Waals surface area (Å²) < 4.78 is 5.50. The highest BCUT2D eigenvalue weighted by atomic mass is 32.1. The Morgan fingerprint density at radius 3 is 2.93 bits per heavy atom. The molecule has 146 valence electrons. The lowest BCUT2D eigenvalue weighted by Crippen LogP contribution is -2.43. The van der Waals surface area contributed by atoms with Gasteiger partial charge in [0.15, 0.2) is 5.13 Å². The maximum atomic E-state index is 12.3. The van der Waals surface area contributed by atoms with E-state index in [1.807, 2.05) is 40.0 Å². The first-order chi connectivity index (χ1) is 12.8. The van der Waals surface area contributed by atoms with Crippen molar-refractivity contribution >= 4 is 28.4 Å². The number of hydrogen-bond donors (Lipinski definition) is 1. The van der Waals surface area contributed by atoms with Crippen LogP contribution in [-0.4, -0.2) is 44.6 Å². The Morgan fingerprint density at radius 2 is 2.22 bits per heavy atom. The van der Waals surface area contributed by atoms with E-state index in [-0.39, 0.29) is 6.09 Å². The standard InChI is InChI=1S/C19H27N5O2S/c1-13-11-21-17(27-13)23-15-7-8-20-16(22-15)10-14-6-5-9-24(12-14)18(25)26-19(2,3)4/h7-8,11,14H,5-6,9-10,12H2,1-4H3,(H,20,21,22,23). The van der Waals surface area contributed by atoms with Gasteiger partial charge < -0.3 is 15.0 Å². The first-order valence-electron chi connectivity index (χ1n) is 9.28. The van der Waals surface area contributed by atoms with Crippen molar-refractivity contribution in [2.45, 2.75) is 52.6 Å². The van der Waals surface area contributed by atoms with Gasteiger partial charge in [-0.25, -0.2) is 19.7 Å². The fourth-order valence-corrected chi connectivity index (χ4v) is 3.74. The van der Waals surface area contributed by atoms with Crippen LogP contribution in [0.25, 0.3) is 0 Å². The van der Waals surface area contributed by atoms with E-state index in [2.05, 4.69) is 20.3 Å². The minimum absolute atomic E-state index is 0.234. The predicted molar refractivity (Wildman–Crippen MR) is 106 cm³/mol. The van der Waals surface area contributed by atoms with Gasteiger partial charge in [-0.2, -0.15) is 0 Å². The van der Waals surface area contributed by atoms with Crippen LogP contribution in [0.1, 0.15) is 44.3 Å². The molecule has 1 aliphatic heterocycles. The van der Waals surface area contributed by atoms with Crippen LogP contribution in [0.15, 0.2) is 18.5 Å². The second-order valence-corrected chi connectivity index (χ2v) is 9.13. The normalized spacial score (nSPS) is 17.6. The van der Waals surface area contributed by atoms with Crippen LogP contribution < -0.4 is 5.32 Å². The summed E-state index contributed by atoms with van der Waals surface area (Å²) in [4.78, 5) is 28.6. The smallest absolute Gasteiger partial charge is 0.410 e. The average Bonchev–Trinajstić information content (AvgIpc) is 2.99. The Balaban J connectivity index is 1.59. The molecule has 2 aromatic heterocycles. The number of aromatic nitrogens is 3. The molecular formula is C19H27N5O2S. The lowest BCUT2D eigenvalue weighted by atomic mass is 9.94. The van der Waals surface area contributed by atoms with E-state index < -0.39 is 5.60 Å². The number of carbonyl (C=O) groups excluding carboxylic acids is 1. The number of piperidine rings is 1. The number of aryl methyl sites for hydroxylation is 1. The zero-order valence-corrected chi connectivity index (χ0v) is 17.2. The van der Waals surface area contributed by atoms with Crippen LogP contribution in [-0.2, 0) is 11.2 Å². The second-order valence-electron chi connectivity index (χ2n) is 7.90. The molecule has 1 atom stereocenters. The number of ether oxygens (including phenoxy) is 1. The van der Waals surface area contributed by atoms with E-state index >= 15 is 0 Å². The zero-order chi connectivity index (χ0) is 19.4. The minimum Gasteiger partial charge on any atom is -0.444 e. The quantitative estimate of drug-likeness (QED) is 0.845. The highest BCUT2D eigenvalue weighted by molar-refractivity contribution is 7.15. The fourth-order valence-electron chi connectivity index (χ4n) is 3.07. The van der Waals surface area contributed by atoms with E-state index in [9.17, 15) is 4.79 Å². The van der Waals surface area contributed by atoms with Crippen molar-refractivity contribution in [2.24, 2.45) is 5.92 Å². The van der Waals surface area contributed by atoms with Crippen molar-refractivity contribution in [3.63, 3.8) is 0 Å². The van der Waals surface area contributed by atoms with Crippen molar-refractivity contribution in [2.75, 3.05) is 18.4 Å². The Morgan fingerprint density at radius 1 is 1.41 bits per heavy atom. The van der Waals surface area contributed by atoms with E-state index in [0.717, 1.165) is 47.5 Å². The van der Waals surface area contributed by atoms with Gasteiger partial charge in [0, 0.05) is 36.8 Å². The topological polar surface area (TPSA) is 80.2 Å². The van der Waals surface area contributed by atoms with Gasteiger partial charge in [0.05, 0.1) is 0 Å². The number of carbonyl (C=O) groups is 1. The summed E-state index contributed by atoms with van der Waals surface area (Å²) in [6.45, 7) is 9.13. The number of amides is 1. The molecule has 2 aromatic rings. The summed E-state index contributed by atoms with van der Waals surface area (Å²) >= 11 is 1.59. The Kier molecular flexibility index (Phi) is 5.94. The highest BCUT2D eigenvalue weighted by Gasteiger charge is 2.28. The molecule has 3 rings (SSSR count). The molecule has 0 spiro atoms. The molecule has 27 heavy (non-hydrogen) atoms. The molecule has 1 aliphatic rings. The summed E-state index contributed by atoms with van der Waals surface area (Å²) in [5.41, 5.74) is -0.471. The van der Waals surface area contributed by atoms with Crippen molar-refractivity contribution in [1.82, 2.24) is 19.9 Å². The third-order valence-corrected chi connectivity index (χ3v) is 5.03. The number of thiazole rings is 1. The van der Waals surface area contributed by atoms with E-state index in [4.69, 9.17) is 4.74 Å². The number of anilines is 2. The minimum atomic E-state index is -0.471. The Bertz CT molecular complexity index is 786. The first kappa shape index (κ1) is 19.5. The summed E-state index contributed by atoms with van der Waals surface area (Å²) in [6.07, 6.45) is 6.14. The molecule has 0 aromatic carbocycles. The first-order valence-corrected chi connectivity index (χ1v) is 10.1. The third kappa shape index (κ3) is 5.89. The molecule has 1 amide bonds. The van der Waals surface area contributed by atoms with Crippen LogP contribution in [0, 0.1) is 12.8 Å². The highest BCUT2D eigenvalue weighted by Crippen LogP contribution is 2.23. The number of nitrogens with zero attached hydrogens (tertiary/aromatic N) is 4. The molecule has 0 bridgehead atoms. The van der Waals surface area contributed by atoms with Crippen LogP contribution in [0.4, 0.5) is 15.7 Å². The van der Waals surface area contributed by atoms with Gasteiger partial charge in [0.2, 0.25) is 0 Å². The van der Waals surface area contributed by atoms with Gasteiger partial charge in [0.25, 0.3) is 0 Å². The molecule has 7 nitrogen and oxygen atoms in total. The van der Waals surface area contributed by atoms with Gasteiger partial charge in [-0.1, -0.05) is 0 Å². The molecule has 3 heterocycles. The monoisotopic (exact) mass is 389 g/mol. The zero-order valence-electron chi connectivity index (χ0n) is 16.4. The Labute approximate surface area is 164 Å². The number of hydrogen-bond acceptors (Lipinski definition) is 7. The van der Waals surface area contributed by atoms with Crippen LogP contribution in [0.5, 0.6) is 0 Å². The largest absolute Gasteiger partial charge is 0.444 e. The van der Waals surface area contributed by atoms with Crippen LogP contribution in [0.3, 0.4) is 0 Å². The molecular weight excluding hydrogens is 362 g/mol. The Hall–Kier alpha value is -2.22.